The van der Waals surface area contributed by atoms with E-state index in [9.17, 15) is 4.79 Å². The van der Waals surface area contributed by atoms with Crippen LogP contribution in [0.25, 0.3) is 0 Å². The van der Waals surface area contributed by atoms with Gasteiger partial charge in [0.05, 0.1) is 6.54 Å². The first kappa shape index (κ1) is 11.9. The van der Waals surface area contributed by atoms with Crippen LogP contribution in [-0.2, 0) is 4.79 Å². The molecular weight excluding hydrogens is 196 g/mol. The zero-order valence-corrected chi connectivity index (χ0v) is 9.66. The van der Waals surface area contributed by atoms with E-state index in [4.69, 9.17) is 0 Å². The Hall–Kier alpha value is -0.220. The maximum absolute atomic E-state index is 11.3. The van der Waals surface area contributed by atoms with Crippen LogP contribution >= 0.6 is 11.8 Å². The van der Waals surface area contributed by atoms with Crippen molar-refractivity contribution in [3.63, 3.8) is 0 Å². The molecule has 4 heteroatoms. The van der Waals surface area contributed by atoms with Gasteiger partial charge in [-0.2, -0.15) is 11.8 Å². The molecule has 1 amide bonds. The molecular formula is C10H20N2OS. The molecule has 0 aromatic heterocycles. The van der Waals surface area contributed by atoms with Gasteiger partial charge in [0.1, 0.15) is 0 Å². The second kappa shape index (κ2) is 7.12. The second-order valence-corrected chi connectivity index (χ2v) is 4.84. The van der Waals surface area contributed by atoms with Crippen LogP contribution in [0.3, 0.4) is 0 Å². The number of hydrogen-bond donors (Lipinski definition) is 2. The zero-order valence-electron chi connectivity index (χ0n) is 8.84. The minimum Gasteiger partial charge on any atom is -0.355 e. The van der Waals surface area contributed by atoms with Crippen molar-refractivity contribution in [1.82, 2.24) is 10.6 Å². The van der Waals surface area contributed by atoms with Crippen LogP contribution in [0.5, 0.6) is 0 Å². The van der Waals surface area contributed by atoms with Crippen molar-refractivity contribution in [2.45, 2.75) is 32.2 Å². The Morgan fingerprint density at radius 1 is 1.43 bits per heavy atom. The van der Waals surface area contributed by atoms with E-state index < -0.39 is 0 Å². The van der Waals surface area contributed by atoms with Gasteiger partial charge in [0.25, 0.3) is 0 Å². The number of thioether (sulfide) groups is 1. The normalized spacial score (nSPS) is 18.1. The molecule has 0 aliphatic carbocycles. The van der Waals surface area contributed by atoms with Crippen LogP contribution in [0, 0.1) is 0 Å². The fourth-order valence-electron chi connectivity index (χ4n) is 1.47. The van der Waals surface area contributed by atoms with E-state index >= 15 is 0 Å². The molecule has 1 heterocycles. The standard InChI is InChI=1S/C10H20N2OS/c1-2-5-11-10(13)8-12-9-3-6-14-7-4-9/h9,12H,2-8H2,1H3,(H,11,13). The van der Waals surface area contributed by atoms with E-state index in [0.717, 1.165) is 13.0 Å². The monoisotopic (exact) mass is 216 g/mol. The number of hydrogen-bond acceptors (Lipinski definition) is 3. The third kappa shape index (κ3) is 4.86. The Morgan fingerprint density at radius 3 is 2.79 bits per heavy atom. The minimum atomic E-state index is 0.130. The Kier molecular flexibility index (Phi) is 6.03. The van der Waals surface area contributed by atoms with E-state index in [-0.39, 0.29) is 5.91 Å². The highest BCUT2D eigenvalue weighted by Gasteiger charge is 2.13. The first-order valence-electron chi connectivity index (χ1n) is 5.40. The average molecular weight is 216 g/mol. The predicted molar refractivity (Wildman–Crippen MR) is 61.7 cm³/mol. The molecule has 1 saturated heterocycles. The lowest BCUT2D eigenvalue weighted by atomic mass is 10.1. The fourth-order valence-corrected chi connectivity index (χ4v) is 2.57. The van der Waals surface area contributed by atoms with Crippen molar-refractivity contribution in [2.75, 3.05) is 24.6 Å². The molecule has 0 saturated carbocycles. The fraction of sp³-hybridized carbons (Fsp3) is 0.900. The Balaban J connectivity index is 2.03. The summed E-state index contributed by atoms with van der Waals surface area (Å²) < 4.78 is 0. The summed E-state index contributed by atoms with van der Waals surface area (Å²) in [7, 11) is 0. The predicted octanol–water partition coefficient (Wildman–Crippen LogP) is 0.998. The summed E-state index contributed by atoms with van der Waals surface area (Å²) in [6.45, 7) is 3.34. The summed E-state index contributed by atoms with van der Waals surface area (Å²) in [6, 6.07) is 0.559. The molecule has 0 spiro atoms. The SMILES string of the molecule is CCCNC(=O)CNC1CCSCC1. The molecule has 0 bridgehead atoms. The highest BCUT2D eigenvalue weighted by Crippen LogP contribution is 2.16. The van der Waals surface area contributed by atoms with Crippen LogP contribution in [0.2, 0.25) is 0 Å². The van der Waals surface area contributed by atoms with E-state index in [1.54, 1.807) is 0 Å². The molecule has 0 aromatic carbocycles. The first-order valence-corrected chi connectivity index (χ1v) is 6.56. The number of nitrogens with one attached hydrogen (secondary N) is 2. The van der Waals surface area contributed by atoms with Crippen LogP contribution in [0.1, 0.15) is 26.2 Å². The molecule has 1 aliphatic rings. The molecule has 1 aliphatic heterocycles. The van der Waals surface area contributed by atoms with Gasteiger partial charge in [0.15, 0.2) is 0 Å². The molecule has 82 valence electrons. The third-order valence-corrected chi connectivity index (χ3v) is 3.39. The Bertz CT molecular complexity index is 170. The number of carbonyl (C=O) groups is 1. The summed E-state index contributed by atoms with van der Waals surface area (Å²) in [5, 5.41) is 6.17. The zero-order chi connectivity index (χ0) is 10.2. The molecule has 14 heavy (non-hydrogen) atoms. The number of carbonyl (C=O) groups excluding carboxylic acids is 1. The van der Waals surface area contributed by atoms with Crippen LogP contribution in [-0.4, -0.2) is 36.5 Å². The molecule has 1 rings (SSSR count). The lowest BCUT2D eigenvalue weighted by molar-refractivity contribution is -0.120. The summed E-state index contributed by atoms with van der Waals surface area (Å²) in [6.07, 6.45) is 3.41. The van der Waals surface area contributed by atoms with Crippen molar-refractivity contribution >= 4 is 17.7 Å². The summed E-state index contributed by atoms with van der Waals surface area (Å²) in [5.41, 5.74) is 0. The molecule has 3 nitrogen and oxygen atoms in total. The summed E-state index contributed by atoms with van der Waals surface area (Å²) >= 11 is 2.01. The van der Waals surface area contributed by atoms with Crippen molar-refractivity contribution in [3.05, 3.63) is 0 Å². The smallest absolute Gasteiger partial charge is 0.233 e. The van der Waals surface area contributed by atoms with Gasteiger partial charge >= 0.3 is 0 Å². The van der Waals surface area contributed by atoms with Crippen molar-refractivity contribution in [2.24, 2.45) is 0 Å². The van der Waals surface area contributed by atoms with E-state index in [1.807, 2.05) is 11.8 Å². The highest BCUT2D eigenvalue weighted by atomic mass is 32.2. The van der Waals surface area contributed by atoms with Gasteiger partial charge in [-0.1, -0.05) is 6.92 Å². The molecule has 1 fully saturated rings. The Labute approximate surface area is 90.4 Å². The minimum absolute atomic E-state index is 0.130. The number of rotatable bonds is 5. The lowest BCUT2D eigenvalue weighted by Gasteiger charge is -2.22. The van der Waals surface area contributed by atoms with Gasteiger partial charge in [-0.15, -0.1) is 0 Å². The van der Waals surface area contributed by atoms with Crippen molar-refractivity contribution < 1.29 is 4.79 Å². The molecule has 0 unspecified atom stereocenters. The molecule has 0 aromatic rings. The second-order valence-electron chi connectivity index (χ2n) is 3.62. The van der Waals surface area contributed by atoms with Gasteiger partial charge in [-0.3, -0.25) is 4.79 Å². The van der Waals surface area contributed by atoms with E-state index in [0.29, 0.717) is 12.6 Å². The topological polar surface area (TPSA) is 41.1 Å². The highest BCUT2D eigenvalue weighted by molar-refractivity contribution is 7.99. The van der Waals surface area contributed by atoms with Gasteiger partial charge in [0.2, 0.25) is 5.91 Å². The first-order chi connectivity index (χ1) is 6.83. The van der Waals surface area contributed by atoms with Crippen LogP contribution in [0.4, 0.5) is 0 Å². The molecule has 0 radical (unpaired) electrons. The van der Waals surface area contributed by atoms with E-state index in [1.165, 1.54) is 24.3 Å². The van der Waals surface area contributed by atoms with E-state index in [2.05, 4.69) is 17.6 Å². The van der Waals surface area contributed by atoms with Crippen molar-refractivity contribution in [1.29, 1.82) is 0 Å². The third-order valence-electron chi connectivity index (χ3n) is 2.34. The molecule has 0 atom stereocenters. The van der Waals surface area contributed by atoms with Gasteiger partial charge < -0.3 is 10.6 Å². The van der Waals surface area contributed by atoms with Gasteiger partial charge in [-0.25, -0.2) is 0 Å². The Morgan fingerprint density at radius 2 is 2.14 bits per heavy atom. The van der Waals surface area contributed by atoms with Crippen molar-refractivity contribution in [3.8, 4) is 0 Å². The lowest BCUT2D eigenvalue weighted by Crippen LogP contribution is -2.40. The van der Waals surface area contributed by atoms with Crippen LogP contribution in [0.15, 0.2) is 0 Å². The maximum atomic E-state index is 11.3. The average Bonchev–Trinajstić information content (AvgIpc) is 2.25. The summed E-state index contributed by atoms with van der Waals surface area (Å²) in [4.78, 5) is 11.3. The largest absolute Gasteiger partial charge is 0.355 e. The van der Waals surface area contributed by atoms with Crippen LogP contribution < -0.4 is 10.6 Å². The van der Waals surface area contributed by atoms with Gasteiger partial charge in [-0.05, 0) is 30.8 Å². The maximum Gasteiger partial charge on any atom is 0.233 e. The quantitative estimate of drug-likeness (QED) is 0.720. The van der Waals surface area contributed by atoms with Gasteiger partial charge in [0, 0.05) is 12.6 Å². The number of amides is 1. The molecule has 2 N–H and O–H groups in total. The summed E-state index contributed by atoms with van der Waals surface area (Å²) in [5.74, 6) is 2.59.